The Morgan fingerprint density at radius 3 is 1.89 bits per heavy atom. The molecule has 0 radical (unpaired) electrons. The van der Waals surface area contributed by atoms with Gasteiger partial charge in [0.05, 0.1) is 0 Å². The Hall–Kier alpha value is -4.88. The Kier molecular flexibility index (Phi) is 6.36. The van der Waals surface area contributed by atoms with Gasteiger partial charge in [-0.1, -0.05) is 113 Å². The van der Waals surface area contributed by atoms with E-state index < -0.39 is 0 Å². The quantitative estimate of drug-likeness (QED) is 0.200. The minimum absolute atomic E-state index is 0.0138. The maximum atomic E-state index is 2.54. The molecule has 0 bridgehead atoms. The smallest absolute Gasteiger partial charge is 0.0464 e. The van der Waals surface area contributed by atoms with Gasteiger partial charge in [-0.3, -0.25) is 0 Å². The number of rotatable bonds is 4. The number of hydrogen-bond donors (Lipinski definition) is 0. The summed E-state index contributed by atoms with van der Waals surface area (Å²) in [5.74, 6) is 0.927. The van der Waals surface area contributed by atoms with Crippen LogP contribution in [0.3, 0.4) is 0 Å². The van der Waals surface area contributed by atoms with E-state index in [1.165, 1.54) is 66.9 Å². The summed E-state index contributed by atoms with van der Waals surface area (Å²) in [6, 6.07) is 49.6. The van der Waals surface area contributed by atoms with Gasteiger partial charge in [0.15, 0.2) is 0 Å². The van der Waals surface area contributed by atoms with E-state index in [4.69, 9.17) is 0 Å². The fourth-order valence-electron chi connectivity index (χ4n) is 7.87. The average molecular weight is 582 g/mol. The zero-order valence-electron chi connectivity index (χ0n) is 26.8. The lowest BCUT2D eigenvalue weighted by Gasteiger charge is -2.33. The van der Waals surface area contributed by atoms with Gasteiger partial charge in [-0.05, 0) is 128 Å². The van der Waals surface area contributed by atoms with Crippen LogP contribution in [0.2, 0.25) is 0 Å². The van der Waals surface area contributed by atoms with Crippen LogP contribution in [0.4, 0.5) is 17.1 Å². The fraction of sp³-hybridized carbons (Fsp3) is 0.182. The lowest BCUT2D eigenvalue weighted by Crippen LogP contribution is -2.18. The predicted molar refractivity (Wildman–Crippen MR) is 191 cm³/mol. The number of para-hydroxylation sites is 1. The zero-order valence-corrected chi connectivity index (χ0v) is 26.8. The summed E-state index contributed by atoms with van der Waals surface area (Å²) in [6.07, 6.45) is 0. The summed E-state index contributed by atoms with van der Waals surface area (Å²) in [5.41, 5.74) is 18.6. The molecule has 0 aromatic heterocycles. The molecular formula is C44H39N. The van der Waals surface area contributed by atoms with Gasteiger partial charge in [-0.25, -0.2) is 0 Å². The van der Waals surface area contributed by atoms with Gasteiger partial charge in [0.1, 0.15) is 0 Å². The molecule has 0 spiro atoms. The third kappa shape index (κ3) is 4.37. The van der Waals surface area contributed by atoms with Gasteiger partial charge >= 0.3 is 0 Å². The van der Waals surface area contributed by atoms with E-state index in [-0.39, 0.29) is 5.41 Å². The molecule has 0 heterocycles. The van der Waals surface area contributed by atoms with Crippen LogP contribution >= 0.6 is 0 Å². The van der Waals surface area contributed by atoms with Crippen molar-refractivity contribution in [2.24, 2.45) is 0 Å². The van der Waals surface area contributed by atoms with Crippen LogP contribution in [0, 0.1) is 6.92 Å². The Bertz CT molecular complexity index is 2070. The summed E-state index contributed by atoms with van der Waals surface area (Å²) in [5, 5.41) is 0. The van der Waals surface area contributed by atoms with E-state index in [1.807, 2.05) is 0 Å². The summed E-state index contributed by atoms with van der Waals surface area (Å²) < 4.78 is 0. The molecule has 2 atom stereocenters. The van der Waals surface area contributed by atoms with E-state index in [2.05, 4.69) is 173 Å². The van der Waals surface area contributed by atoms with Crippen LogP contribution in [0.25, 0.3) is 33.4 Å². The van der Waals surface area contributed by atoms with Crippen molar-refractivity contribution in [2.45, 2.75) is 51.9 Å². The molecule has 8 rings (SSSR count). The molecule has 0 fully saturated rings. The highest BCUT2D eigenvalue weighted by atomic mass is 15.1. The molecule has 45 heavy (non-hydrogen) atoms. The highest BCUT2D eigenvalue weighted by Crippen LogP contribution is 2.55. The van der Waals surface area contributed by atoms with E-state index in [0.717, 1.165) is 11.4 Å². The summed E-state index contributed by atoms with van der Waals surface area (Å²) in [7, 11) is 0. The maximum absolute atomic E-state index is 2.54. The molecule has 1 heteroatoms. The molecule has 0 N–H and O–H groups in total. The molecule has 0 saturated heterocycles. The van der Waals surface area contributed by atoms with E-state index in [0.29, 0.717) is 11.8 Å². The van der Waals surface area contributed by atoms with Crippen LogP contribution in [-0.2, 0) is 5.41 Å². The Morgan fingerprint density at radius 1 is 0.467 bits per heavy atom. The molecule has 6 aromatic rings. The van der Waals surface area contributed by atoms with Crippen molar-refractivity contribution in [1.29, 1.82) is 0 Å². The molecule has 1 nitrogen and oxygen atoms in total. The number of hydrogen-bond acceptors (Lipinski definition) is 1. The first-order chi connectivity index (χ1) is 21.8. The second-order valence-electron chi connectivity index (χ2n) is 13.6. The van der Waals surface area contributed by atoms with Crippen molar-refractivity contribution < 1.29 is 0 Å². The van der Waals surface area contributed by atoms with E-state index in [9.17, 15) is 0 Å². The summed E-state index contributed by atoms with van der Waals surface area (Å²) in [6.45, 7) is 11.7. The van der Waals surface area contributed by atoms with Crippen LogP contribution in [-0.4, -0.2) is 0 Å². The SMILES string of the molecule is Cc1cccc(N(c2ccccc2)c2ccc(-c3ccc4c(c3)-c3cc5c(cc3C(C)C4C)C(C)(C)c3ccccc3-5)cc2)c1. The van der Waals surface area contributed by atoms with Crippen LogP contribution < -0.4 is 4.90 Å². The highest BCUT2D eigenvalue weighted by Gasteiger charge is 2.38. The van der Waals surface area contributed by atoms with Gasteiger partial charge in [0.25, 0.3) is 0 Å². The molecule has 0 aliphatic heterocycles. The number of anilines is 3. The maximum Gasteiger partial charge on any atom is 0.0464 e. The normalized spacial score (nSPS) is 17.2. The minimum atomic E-state index is 0.0138. The van der Waals surface area contributed by atoms with Crippen LogP contribution in [0.5, 0.6) is 0 Å². The standard InChI is InChI=1S/C44H39N/c1-28-12-11-15-35(24-28)45(33-13-7-6-8-14-33)34-21-18-31(19-22-34)32-20-23-36-29(2)30(3)38-27-43-41(26-40(38)39(36)25-32)37-16-9-10-17-42(37)44(43,4)5/h6-27,29-30H,1-5H3. The number of nitrogens with zero attached hydrogens (tertiary/aromatic N) is 1. The van der Waals surface area contributed by atoms with E-state index in [1.54, 1.807) is 0 Å². The first kappa shape index (κ1) is 27.7. The Balaban J connectivity index is 1.22. The monoisotopic (exact) mass is 581 g/mol. The van der Waals surface area contributed by atoms with Crippen molar-refractivity contribution in [3.63, 3.8) is 0 Å². The second-order valence-corrected chi connectivity index (χ2v) is 13.6. The first-order valence-electron chi connectivity index (χ1n) is 16.3. The molecule has 6 aromatic carbocycles. The molecule has 220 valence electrons. The molecule has 2 aliphatic rings. The Morgan fingerprint density at radius 2 is 1.11 bits per heavy atom. The second kappa shape index (κ2) is 10.3. The Labute approximate surface area is 267 Å². The van der Waals surface area contributed by atoms with E-state index >= 15 is 0 Å². The highest BCUT2D eigenvalue weighted by molar-refractivity contribution is 5.89. The topological polar surface area (TPSA) is 3.24 Å². The van der Waals surface area contributed by atoms with Gasteiger partial charge in [0, 0.05) is 22.5 Å². The third-order valence-corrected chi connectivity index (χ3v) is 10.6. The van der Waals surface area contributed by atoms with Gasteiger partial charge < -0.3 is 4.90 Å². The van der Waals surface area contributed by atoms with Crippen molar-refractivity contribution in [1.82, 2.24) is 0 Å². The van der Waals surface area contributed by atoms with Crippen molar-refractivity contribution in [2.75, 3.05) is 4.90 Å². The lowest BCUT2D eigenvalue weighted by molar-refractivity contribution is 0.610. The molecular weight excluding hydrogens is 542 g/mol. The molecule has 0 amide bonds. The van der Waals surface area contributed by atoms with Crippen LogP contribution in [0.15, 0.2) is 133 Å². The first-order valence-corrected chi connectivity index (χ1v) is 16.3. The van der Waals surface area contributed by atoms with Gasteiger partial charge in [-0.15, -0.1) is 0 Å². The molecule has 2 aliphatic carbocycles. The predicted octanol–water partition coefficient (Wildman–Crippen LogP) is 12.3. The third-order valence-electron chi connectivity index (χ3n) is 10.6. The van der Waals surface area contributed by atoms with Crippen molar-refractivity contribution >= 4 is 17.1 Å². The van der Waals surface area contributed by atoms with Gasteiger partial charge in [-0.2, -0.15) is 0 Å². The van der Waals surface area contributed by atoms with Crippen LogP contribution in [0.1, 0.15) is 67.3 Å². The lowest BCUT2D eigenvalue weighted by atomic mass is 9.70. The van der Waals surface area contributed by atoms with Gasteiger partial charge in [0.2, 0.25) is 0 Å². The summed E-state index contributed by atoms with van der Waals surface area (Å²) in [4.78, 5) is 2.34. The minimum Gasteiger partial charge on any atom is -0.310 e. The zero-order chi connectivity index (χ0) is 30.9. The number of aryl methyl sites for hydroxylation is 1. The fourth-order valence-corrected chi connectivity index (χ4v) is 7.87. The largest absolute Gasteiger partial charge is 0.310 e. The summed E-state index contributed by atoms with van der Waals surface area (Å²) >= 11 is 0. The molecule has 0 saturated carbocycles. The van der Waals surface area contributed by atoms with Crippen molar-refractivity contribution in [3.05, 3.63) is 161 Å². The number of benzene rings is 6. The molecule has 2 unspecified atom stereocenters. The number of fused-ring (bicyclic) bond motifs is 6. The van der Waals surface area contributed by atoms with Crippen molar-refractivity contribution in [3.8, 4) is 33.4 Å². The average Bonchev–Trinajstić information content (AvgIpc) is 3.29.